The van der Waals surface area contributed by atoms with Crippen LogP contribution in [0.4, 0.5) is 0 Å². The van der Waals surface area contributed by atoms with Gasteiger partial charge in [-0.05, 0) is 53.8 Å². The van der Waals surface area contributed by atoms with Crippen molar-refractivity contribution in [3.05, 3.63) is 65.2 Å². The van der Waals surface area contributed by atoms with Crippen LogP contribution in [0.2, 0.25) is 0 Å². The number of hydrogen-bond donors (Lipinski definition) is 1. The van der Waals surface area contributed by atoms with E-state index in [0.29, 0.717) is 30.3 Å². The van der Waals surface area contributed by atoms with Crippen LogP contribution in [0.25, 0.3) is 11.4 Å². The van der Waals surface area contributed by atoms with Crippen molar-refractivity contribution in [1.29, 1.82) is 5.26 Å². The normalized spacial score (nSPS) is 10.9. The van der Waals surface area contributed by atoms with Crippen LogP contribution in [-0.2, 0) is 19.4 Å². The molecule has 0 amide bonds. The first-order valence-electron chi connectivity index (χ1n) is 9.14. The van der Waals surface area contributed by atoms with Crippen molar-refractivity contribution in [2.75, 3.05) is 6.54 Å². The zero-order valence-corrected chi connectivity index (χ0v) is 15.8. The smallest absolute Gasteiger partial charge is 0.159 e. The maximum absolute atomic E-state index is 9.28. The van der Waals surface area contributed by atoms with Gasteiger partial charge in [-0.3, -0.25) is 4.68 Å². The molecular formula is C21H24N6. The van der Waals surface area contributed by atoms with E-state index in [1.165, 1.54) is 0 Å². The van der Waals surface area contributed by atoms with Crippen LogP contribution < -0.4 is 5.73 Å². The largest absolute Gasteiger partial charge is 0.330 e. The van der Waals surface area contributed by atoms with Gasteiger partial charge in [-0.15, -0.1) is 0 Å². The lowest BCUT2D eigenvalue weighted by Crippen LogP contribution is -2.04. The van der Waals surface area contributed by atoms with E-state index >= 15 is 0 Å². The Balaban J connectivity index is 1.91. The minimum Gasteiger partial charge on any atom is -0.330 e. The van der Waals surface area contributed by atoms with Crippen LogP contribution in [0.15, 0.2) is 43.0 Å². The van der Waals surface area contributed by atoms with Gasteiger partial charge in [0.1, 0.15) is 0 Å². The molecule has 0 fully saturated rings. The maximum Gasteiger partial charge on any atom is 0.159 e. The standard InChI is InChI=1S/C21H24N6/c1-15(2)13-27-14-18(12-26-27)8-19-7-16(9-23)3-4-20(19)21-24-10-17(5-6-22)11-25-21/h3-4,7,10-12,14-15H,5-6,8,13,22H2,1-2H3. The summed E-state index contributed by atoms with van der Waals surface area (Å²) in [5.41, 5.74) is 10.3. The van der Waals surface area contributed by atoms with Gasteiger partial charge >= 0.3 is 0 Å². The summed E-state index contributed by atoms with van der Waals surface area (Å²) in [4.78, 5) is 9.00. The fourth-order valence-corrected chi connectivity index (χ4v) is 3.01. The SMILES string of the molecule is CC(C)Cn1cc(Cc2cc(C#N)ccc2-c2ncc(CCN)cn2)cn1. The third-order valence-electron chi connectivity index (χ3n) is 4.25. The summed E-state index contributed by atoms with van der Waals surface area (Å²) in [7, 11) is 0. The van der Waals surface area contributed by atoms with Crippen LogP contribution in [0, 0.1) is 17.2 Å². The van der Waals surface area contributed by atoms with Crippen molar-refractivity contribution in [2.24, 2.45) is 11.7 Å². The molecule has 27 heavy (non-hydrogen) atoms. The number of aromatic nitrogens is 4. The van der Waals surface area contributed by atoms with Crippen molar-refractivity contribution >= 4 is 0 Å². The Labute approximate surface area is 159 Å². The van der Waals surface area contributed by atoms with E-state index in [1.807, 2.05) is 35.4 Å². The molecule has 0 unspecified atom stereocenters. The Hall–Kier alpha value is -3.04. The average molecular weight is 360 g/mol. The molecule has 0 bridgehead atoms. The molecule has 0 saturated carbocycles. The lowest BCUT2D eigenvalue weighted by molar-refractivity contribution is 0.483. The molecule has 3 rings (SSSR count). The van der Waals surface area contributed by atoms with Crippen molar-refractivity contribution in [2.45, 2.75) is 33.2 Å². The van der Waals surface area contributed by atoms with Crippen LogP contribution >= 0.6 is 0 Å². The summed E-state index contributed by atoms with van der Waals surface area (Å²) in [5.74, 6) is 1.19. The van der Waals surface area contributed by atoms with E-state index in [4.69, 9.17) is 5.73 Å². The van der Waals surface area contributed by atoms with E-state index in [1.54, 1.807) is 6.07 Å². The highest BCUT2D eigenvalue weighted by molar-refractivity contribution is 5.62. The molecule has 0 atom stereocenters. The molecule has 6 nitrogen and oxygen atoms in total. The van der Waals surface area contributed by atoms with Gasteiger partial charge in [0, 0.05) is 37.1 Å². The second-order valence-corrected chi connectivity index (χ2v) is 7.08. The number of nitriles is 1. The lowest BCUT2D eigenvalue weighted by Gasteiger charge is -2.09. The minimum atomic E-state index is 0.538. The summed E-state index contributed by atoms with van der Waals surface area (Å²) in [6.07, 6.45) is 9.02. The van der Waals surface area contributed by atoms with Crippen LogP contribution in [0.1, 0.15) is 36.1 Å². The first-order chi connectivity index (χ1) is 13.1. The van der Waals surface area contributed by atoms with Crippen molar-refractivity contribution in [3.8, 4) is 17.5 Å². The summed E-state index contributed by atoms with van der Waals surface area (Å²) in [6.45, 7) is 5.80. The number of nitrogens with zero attached hydrogens (tertiary/aromatic N) is 5. The predicted molar refractivity (Wildman–Crippen MR) is 105 cm³/mol. The maximum atomic E-state index is 9.28. The molecule has 0 radical (unpaired) electrons. The zero-order valence-electron chi connectivity index (χ0n) is 15.8. The first kappa shape index (κ1) is 18.7. The van der Waals surface area contributed by atoms with Crippen LogP contribution in [0.3, 0.4) is 0 Å². The number of nitrogens with two attached hydrogens (primary N) is 1. The van der Waals surface area contributed by atoms with E-state index in [2.05, 4.69) is 41.2 Å². The second-order valence-electron chi connectivity index (χ2n) is 7.08. The summed E-state index contributed by atoms with van der Waals surface area (Å²) < 4.78 is 1.96. The molecule has 0 aliphatic carbocycles. The molecule has 3 aromatic rings. The molecule has 2 heterocycles. The van der Waals surface area contributed by atoms with Crippen molar-refractivity contribution in [1.82, 2.24) is 19.7 Å². The third-order valence-corrected chi connectivity index (χ3v) is 4.25. The highest BCUT2D eigenvalue weighted by Gasteiger charge is 2.11. The van der Waals surface area contributed by atoms with E-state index < -0.39 is 0 Å². The van der Waals surface area contributed by atoms with Crippen LogP contribution in [-0.4, -0.2) is 26.3 Å². The highest BCUT2D eigenvalue weighted by Crippen LogP contribution is 2.24. The molecular weight excluding hydrogens is 336 g/mol. The molecule has 138 valence electrons. The van der Waals surface area contributed by atoms with Crippen molar-refractivity contribution < 1.29 is 0 Å². The van der Waals surface area contributed by atoms with Crippen molar-refractivity contribution in [3.63, 3.8) is 0 Å². The van der Waals surface area contributed by atoms with Crippen LogP contribution in [0.5, 0.6) is 0 Å². The van der Waals surface area contributed by atoms with E-state index in [0.717, 1.165) is 35.2 Å². The Kier molecular flexibility index (Phi) is 5.94. The van der Waals surface area contributed by atoms with Gasteiger partial charge in [-0.1, -0.05) is 13.8 Å². The summed E-state index contributed by atoms with van der Waals surface area (Å²) >= 11 is 0. The van der Waals surface area contributed by atoms with Gasteiger partial charge in [0.25, 0.3) is 0 Å². The molecule has 2 aromatic heterocycles. The number of hydrogen-bond acceptors (Lipinski definition) is 5. The monoisotopic (exact) mass is 360 g/mol. The molecule has 6 heteroatoms. The summed E-state index contributed by atoms with van der Waals surface area (Å²) in [6, 6.07) is 7.85. The molecule has 1 aromatic carbocycles. The molecule has 0 aliphatic rings. The molecule has 0 aliphatic heterocycles. The summed E-state index contributed by atoms with van der Waals surface area (Å²) in [5, 5.41) is 13.7. The highest BCUT2D eigenvalue weighted by atomic mass is 15.3. The Morgan fingerprint density at radius 2 is 1.93 bits per heavy atom. The van der Waals surface area contributed by atoms with Gasteiger partial charge < -0.3 is 5.73 Å². The van der Waals surface area contributed by atoms with E-state index in [9.17, 15) is 5.26 Å². The second kappa shape index (κ2) is 8.56. The molecule has 0 spiro atoms. The zero-order chi connectivity index (χ0) is 19.2. The predicted octanol–water partition coefficient (Wildman–Crippen LogP) is 2.96. The van der Waals surface area contributed by atoms with E-state index in [-0.39, 0.29) is 0 Å². The lowest BCUT2D eigenvalue weighted by atomic mass is 9.98. The third kappa shape index (κ3) is 4.78. The first-order valence-corrected chi connectivity index (χ1v) is 9.14. The van der Waals surface area contributed by atoms with Gasteiger partial charge in [0.05, 0.1) is 17.8 Å². The quantitative estimate of drug-likeness (QED) is 0.699. The Morgan fingerprint density at radius 3 is 2.59 bits per heavy atom. The van der Waals surface area contributed by atoms with Gasteiger partial charge in [-0.2, -0.15) is 10.4 Å². The fourth-order valence-electron chi connectivity index (χ4n) is 3.01. The number of rotatable bonds is 7. The fraction of sp³-hybridized carbons (Fsp3) is 0.333. The average Bonchev–Trinajstić information content (AvgIpc) is 3.09. The molecule has 2 N–H and O–H groups in total. The Bertz CT molecular complexity index is 934. The van der Waals surface area contributed by atoms with Gasteiger partial charge in [0.2, 0.25) is 0 Å². The number of benzene rings is 1. The van der Waals surface area contributed by atoms with Gasteiger partial charge in [-0.25, -0.2) is 9.97 Å². The van der Waals surface area contributed by atoms with Gasteiger partial charge in [0.15, 0.2) is 5.82 Å². The Morgan fingerprint density at radius 1 is 1.15 bits per heavy atom. The molecule has 0 saturated heterocycles. The minimum absolute atomic E-state index is 0.538. The topological polar surface area (TPSA) is 93.4 Å².